The normalized spacial score (nSPS) is 15.2. The van der Waals surface area contributed by atoms with E-state index in [1.165, 1.54) is 0 Å². The van der Waals surface area contributed by atoms with E-state index < -0.39 is 17.7 Å². The zero-order valence-electron chi connectivity index (χ0n) is 21.5. The van der Waals surface area contributed by atoms with E-state index in [2.05, 4.69) is 20.9 Å². The summed E-state index contributed by atoms with van der Waals surface area (Å²) in [7, 11) is 2.03. The fraction of sp³-hybridized carbons (Fsp3) is 0.600. The zero-order valence-corrected chi connectivity index (χ0v) is 21.5. The molecule has 1 saturated heterocycles. The van der Waals surface area contributed by atoms with E-state index >= 15 is 0 Å². The van der Waals surface area contributed by atoms with Crippen molar-refractivity contribution in [2.75, 3.05) is 39.8 Å². The highest BCUT2D eigenvalue weighted by Crippen LogP contribution is 2.11. The molecule has 35 heavy (non-hydrogen) atoms. The van der Waals surface area contributed by atoms with Crippen LogP contribution in [0.25, 0.3) is 0 Å². The zero-order chi connectivity index (χ0) is 26.0. The Bertz CT molecular complexity index is 873. The average Bonchev–Trinajstić information content (AvgIpc) is 2.80. The molecule has 194 valence electrons. The van der Waals surface area contributed by atoms with Crippen LogP contribution in [0.5, 0.6) is 0 Å². The molecule has 0 saturated carbocycles. The van der Waals surface area contributed by atoms with Gasteiger partial charge in [0.25, 0.3) is 0 Å². The lowest BCUT2D eigenvalue weighted by Crippen LogP contribution is -2.54. The van der Waals surface area contributed by atoms with Gasteiger partial charge in [-0.3, -0.25) is 14.4 Å². The van der Waals surface area contributed by atoms with Gasteiger partial charge in [-0.25, -0.2) is 4.79 Å². The minimum atomic E-state index is -0.646. The van der Waals surface area contributed by atoms with Crippen LogP contribution < -0.4 is 16.0 Å². The minimum Gasteiger partial charge on any atom is -0.444 e. The first-order chi connectivity index (χ1) is 16.5. The Morgan fingerprint density at radius 1 is 0.943 bits per heavy atom. The van der Waals surface area contributed by atoms with Crippen molar-refractivity contribution in [2.24, 2.45) is 0 Å². The molecular weight excluding hydrogens is 450 g/mol. The fourth-order valence-corrected chi connectivity index (χ4v) is 3.50. The van der Waals surface area contributed by atoms with Gasteiger partial charge in [-0.1, -0.05) is 31.2 Å². The largest absolute Gasteiger partial charge is 0.444 e. The predicted octanol–water partition coefficient (Wildman–Crippen LogP) is 1.04. The number of likely N-dealkylation sites (N-methyl/N-ethyl adjacent to an activating group) is 1. The third-order valence-corrected chi connectivity index (χ3v) is 5.51. The Balaban J connectivity index is 1.88. The van der Waals surface area contributed by atoms with Crippen molar-refractivity contribution in [3.8, 4) is 0 Å². The molecule has 3 N–H and O–H groups in total. The lowest BCUT2D eigenvalue weighted by molar-refractivity contribution is -0.137. The molecule has 0 unspecified atom stereocenters. The summed E-state index contributed by atoms with van der Waals surface area (Å²) < 4.78 is 5.10. The first kappa shape index (κ1) is 28.1. The van der Waals surface area contributed by atoms with E-state index in [1.807, 2.05) is 36.2 Å². The summed E-state index contributed by atoms with van der Waals surface area (Å²) >= 11 is 0. The highest BCUT2D eigenvalue weighted by atomic mass is 16.6. The first-order valence-electron chi connectivity index (χ1n) is 12.0. The molecule has 1 aliphatic rings. The smallest absolute Gasteiger partial charge is 0.408 e. The van der Waals surface area contributed by atoms with E-state index in [9.17, 15) is 19.2 Å². The van der Waals surface area contributed by atoms with Crippen LogP contribution in [-0.4, -0.2) is 85.0 Å². The molecule has 0 bridgehead atoms. The molecule has 1 aromatic rings. The van der Waals surface area contributed by atoms with Gasteiger partial charge in [-0.2, -0.15) is 0 Å². The fourth-order valence-electron chi connectivity index (χ4n) is 3.50. The molecule has 1 aliphatic heterocycles. The second-order valence-corrected chi connectivity index (χ2v) is 9.76. The maximum absolute atomic E-state index is 13.1. The van der Waals surface area contributed by atoms with E-state index in [0.29, 0.717) is 32.5 Å². The van der Waals surface area contributed by atoms with Gasteiger partial charge >= 0.3 is 6.09 Å². The molecule has 0 aliphatic carbocycles. The van der Waals surface area contributed by atoms with Crippen LogP contribution in [0.1, 0.15) is 45.2 Å². The average molecular weight is 490 g/mol. The number of hydrogen-bond acceptors (Lipinski definition) is 6. The molecule has 2 rings (SSSR count). The lowest BCUT2D eigenvalue weighted by Gasteiger charge is -2.34. The number of rotatable bonds is 9. The van der Waals surface area contributed by atoms with Gasteiger partial charge in [0.15, 0.2) is 0 Å². The monoisotopic (exact) mass is 489 g/mol. The molecule has 1 aromatic carbocycles. The summed E-state index contributed by atoms with van der Waals surface area (Å²) in [5, 5.41) is 8.03. The third kappa shape index (κ3) is 10.3. The Kier molecular flexibility index (Phi) is 10.5. The Morgan fingerprint density at radius 3 is 2.11 bits per heavy atom. The molecule has 4 amide bonds. The number of piperazine rings is 1. The standard InChI is InChI=1S/C25H39N5O5/c1-6-21(31)28-20(23(33)30-13-11-29(5)12-14-30)15-18-7-9-19(10-8-18)16-26-22(32)17-27-24(34)35-25(2,3)4/h7-10,20H,6,11-17H2,1-5H3,(H,26,32)(H,27,34)(H,28,31)/t20-/m1/s1. The van der Waals surface area contributed by atoms with Crippen molar-refractivity contribution in [3.05, 3.63) is 35.4 Å². The summed E-state index contributed by atoms with van der Waals surface area (Å²) in [6.07, 6.45) is 0.0601. The van der Waals surface area contributed by atoms with Gasteiger partial charge in [0.2, 0.25) is 17.7 Å². The number of benzene rings is 1. The van der Waals surface area contributed by atoms with Crippen LogP contribution in [0.15, 0.2) is 24.3 Å². The quantitative estimate of drug-likeness (QED) is 0.477. The van der Waals surface area contributed by atoms with Gasteiger partial charge in [0.05, 0.1) is 0 Å². The highest BCUT2D eigenvalue weighted by Gasteiger charge is 2.28. The summed E-state index contributed by atoms with van der Waals surface area (Å²) in [5.74, 6) is -0.550. The van der Waals surface area contributed by atoms with Crippen LogP contribution >= 0.6 is 0 Å². The van der Waals surface area contributed by atoms with Gasteiger partial charge in [-0.15, -0.1) is 0 Å². The Morgan fingerprint density at radius 2 is 1.54 bits per heavy atom. The lowest BCUT2D eigenvalue weighted by atomic mass is 10.0. The molecule has 1 fully saturated rings. The van der Waals surface area contributed by atoms with E-state index in [1.54, 1.807) is 27.7 Å². The van der Waals surface area contributed by atoms with Gasteiger partial charge < -0.3 is 30.5 Å². The number of nitrogens with zero attached hydrogens (tertiary/aromatic N) is 2. The predicted molar refractivity (Wildman–Crippen MR) is 133 cm³/mol. The summed E-state index contributed by atoms with van der Waals surface area (Å²) in [4.78, 5) is 52.8. The van der Waals surface area contributed by atoms with Gasteiger partial charge in [0, 0.05) is 45.6 Å². The number of carbonyl (C=O) groups is 4. The molecule has 1 heterocycles. The minimum absolute atomic E-state index is 0.0614. The van der Waals surface area contributed by atoms with E-state index in [4.69, 9.17) is 4.74 Å². The first-order valence-corrected chi connectivity index (χ1v) is 12.0. The molecule has 10 heteroatoms. The third-order valence-electron chi connectivity index (χ3n) is 5.51. The number of alkyl carbamates (subject to hydrolysis) is 1. The highest BCUT2D eigenvalue weighted by molar-refractivity contribution is 5.88. The van der Waals surface area contributed by atoms with Crippen molar-refractivity contribution in [2.45, 2.75) is 58.7 Å². The van der Waals surface area contributed by atoms with Crippen LogP contribution in [0, 0.1) is 0 Å². The number of ether oxygens (including phenoxy) is 1. The van der Waals surface area contributed by atoms with Crippen LogP contribution in [0.2, 0.25) is 0 Å². The van der Waals surface area contributed by atoms with E-state index in [0.717, 1.165) is 24.2 Å². The number of nitrogens with one attached hydrogen (secondary N) is 3. The van der Waals surface area contributed by atoms with Crippen LogP contribution in [0.3, 0.4) is 0 Å². The number of amides is 4. The van der Waals surface area contributed by atoms with E-state index in [-0.39, 0.29) is 24.3 Å². The maximum Gasteiger partial charge on any atom is 0.408 e. The van der Waals surface area contributed by atoms with Crippen molar-refractivity contribution in [1.29, 1.82) is 0 Å². The topological polar surface area (TPSA) is 120 Å². The van der Waals surface area contributed by atoms with Crippen molar-refractivity contribution in [3.63, 3.8) is 0 Å². The molecule has 0 radical (unpaired) electrons. The maximum atomic E-state index is 13.1. The molecule has 10 nitrogen and oxygen atoms in total. The van der Waals surface area contributed by atoms with Gasteiger partial charge in [-0.05, 0) is 38.9 Å². The second kappa shape index (κ2) is 13.1. The second-order valence-electron chi connectivity index (χ2n) is 9.76. The van der Waals surface area contributed by atoms with Crippen molar-refractivity contribution < 1.29 is 23.9 Å². The number of carbonyl (C=O) groups excluding carboxylic acids is 4. The van der Waals surface area contributed by atoms with Crippen LogP contribution in [-0.2, 0) is 32.1 Å². The van der Waals surface area contributed by atoms with Crippen molar-refractivity contribution >= 4 is 23.8 Å². The molecule has 0 aromatic heterocycles. The molecule has 1 atom stereocenters. The summed E-state index contributed by atoms with van der Waals surface area (Å²) in [6, 6.07) is 6.91. The number of hydrogen-bond donors (Lipinski definition) is 3. The summed E-state index contributed by atoms with van der Waals surface area (Å²) in [5.41, 5.74) is 1.16. The van der Waals surface area contributed by atoms with Gasteiger partial charge in [0.1, 0.15) is 18.2 Å². The summed E-state index contributed by atoms with van der Waals surface area (Å²) in [6.45, 7) is 10.0. The Hall–Kier alpha value is -3.14. The SMILES string of the molecule is CCC(=O)N[C@H](Cc1ccc(CNC(=O)CNC(=O)OC(C)(C)C)cc1)C(=O)N1CCN(C)CC1. The Labute approximate surface area is 207 Å². The van der Waals surface area contributed by atoms with Crippen molar-refractivity contribution in [1.82, 2.24) is 25.8 Å². The molecule has 0 spiro atoms. The van der Waals surface area contributed by atoms with Crippen LogP contribution in [0.4, 0.5) is 4.79 Å². The molecular formula is C25H39N5O5.